The zero-order valence-electron chi connectivity index (χ0n) is 12.5. The van der Waals surface area contributed by atoms with E-state index in [-0.39, 0.29) is 24.1 Å². The Morgan fingerprint density at radius 3 is 2.62 bits per heavy atom. The second-order valence-electron chi connectivity index (χ2n) is 5.53. The molecule has 0 heterocycles. The number of carbonyl (C=O) groups excluding carboxylic acids is 1. The number of phenols is 1. The molecule has 1 saturated carbocycles. The minimum atomic E-state index is -0.699. The van der Waals surface area contributed by atoms with E-state index < -0.39 is 5.54 Å². The molecule has 5 nitrogen and oxygen atoms in total. The highest BCUT2D eigenvalue weighted by Crippen LogP contribution is 2.30. The highest BCUT2D eigenvalue weighted by atomic mass is 35.5. The summed E-state index contributed by atoms with van der Waals surface area (Å²) in [7, 11) is 3.26. The lowest BCUT2D eigenvalue weighted by atomic mass is 9.97. The first-order valence-electron chi connectivity index (χ1n) is 6.86. The molecule has 3 N–H and O–H groups in total. The van der Waals surface area contributed by atoms with Crippen LogP contribution in [0.15, 0.2) is 18.2 Å². The van der Waals surface area contributed by atoms with E-state index in [0.717, 1.165) is 31.2 Å². The Balaban J connectivity index is 0.00000220. The van der Waals surface area contributed by atoms with Gasteiger partial charge in [-0.3, -0.25) is 4.79 Å². The number of hydrogen-bond donors (Lipinski definition) is 2. The third-order valence-corrected chi connectivity index (χ3v) is 3.93. The van der Waals surface area contributed by atoms with E-state index in [0.29, 0.717) is 12.3 Å². The van der Waals surface area contributed by atoms with Crippen molar-refractivity contribution in [1.29, 1.82) is 0 Å². The maximum atomic E-state index is 12.4. The van der Waals surface area contributed by atoms with E-state index in [1.165, 1.54) is 7.11 Å². The molecule has 0 unspecified atom stereocenters. The zero-order valence-corrected chi connectivity index (χ0v) is 13.3. The predicted octanol–water partition coefficient (Wildman–Crippen LogP) is 2.05. The van der Waals surface area contributed by atoms with Crippen LogP contribution in [0.25, 0.3) is 0 Å². The van der Waals surface area contributed by atoms with Crippen LogP contribution >= 0.6 is 12.4 Å². The van der Waals surface area contributed by atoms with Crippen molar-refractivity contribution in [1.82, 2.24) is 4.90 Å². The van der Waals surface area contributed by atoms with Gasteiger partial charge in [-0.05, 0) is 30.5 Å². The molecule has 21 heavy (non-hydrogen) atoms. The average Bonchev–Trinajstić information content (AvgIpc) is 2.88. The lowest BCUT2D eigenvalue weighted by Crippen LogP contribution is -2.52. The fraction of sp³-hybridized carbons (Fsp3) is 0.533. The molecule has 1 aliphatic rings. The van der Waals surface area contributed by atoms with E-state index in [1.54, 1.807) is 30.1 Å². The summed E-state index contributed by atoms with van der Waals surface area (Å²) >= 11 is 0. The summed E-state index contributed by atoms with van der Waals surface area (Å²) in [4.78, 5) is 14.1. The second kappa shape index (κ2) is 7.00. The van der Waals surface area contributed by atoms with Crippen molar-refractivity contribution >= 4 is 18.3 Å². The third kappa shape index (κ3) is 3.80. The lowest BCUT2D eigenvalue weighted by Gasteiger charge is -2.28. The largest absolute Gasteiger partial charge is 0.504 e. The number of rotatable bonds is 4. The number of likely N-dealkylation sites (N-methyl/N-ethyl adjacent to an activating group) is 1. The van der Waals surface area contributed by atoms with Gasteiger partial charge < -0.3 is 20.5 Å². The number of carbonyl (C=O) groups is 1. The van der Waals surface area contributed by atoms with E-state index in [9.17, 15) is 9.90 Å². The van der Waals surface area contributed by atoms with Gasteiger partial charge in [0.2, 0.25) is 5.91 Å². The summed E-state index contributed by atoms with van der Waals surface area (Å²) in [6.07, 6.45) is 3.55. The molecule has 6 heteroatoms. The number of nitrogens with two attached hydrogens (primary N) is 1. The minimum absolute atomic E-state index is 0. The van der Waals surface area contributed by atoms with Gasteiger partial charge in [-0.15, -0.1) is 12.4 Å². The van der Waals surface area contributed by atoms with E-state index >= 15 is 0 Å². The first kappa shape index (κ1) is 17.6. The van der Waals surface area contributed by atoms with Crippen LogP contribution < -0.4 is 10.5 Å². The molecular weight excluding hydrogens is 292 g/mol. The van der Waals surface area contributed by atoms with Crippen LogP contribution in [0.5, 0.6) is 11.5 Å². The quantitative estimate of drug-likeness (QED) is 0.892. The molecule has 0 atom stereocenters. The topological polar surface area (TPSA) is 75.8 Å². The fourth-order valence-corrected chi connectivity index (χ4v) is 2.77. The summed E-state index contributed by atoms with van der Waals surface area (Å²) in [5.41, 5.74) is 6.38. The van der Waals surface area contributed by atoms with Gasteiger partial charge in [0.05, 0.1) is 12.6 Å². The average molecular weight is 315 g/mol. The van der Waals surface area contributed by atoms with Crippen LogP contribution in [0, 0.1) is 0 Å². The molecule has 1 aromatic carbocycles. The van der Waals surface area contributed by atoms with Crippen LogP contribution in [0.4, 0.5) is 0 Å². The summed E-state index contributed by atoms with van der Waals surface area (Å²) in [5.74, 6) is 0.491. The van der Waals surface area contributed by atoms with Crippen LogP contribution in [0.3, 0.4) is 0 Å². The highest BCUT2D eigenvalue weighted by Gasteiger charge is 2.38. The Morgan fingerprint density at radius 2 is 2.05 bits per heavy atom. The molecule has 1 aromatic rings. The molecule has 0 aliphatic heterocycles. The number of nitrogens with zero attached hydrogens (tertiary/aromatic N) is 1. The predicted molar refractivity (Wildman–Crippen MR) is 83.8 cm³/mol. The first-order valence-corrected chi connectivity index (χ1v) is 6.86. The lowest BCUT2D eigenvalue weighted by molar-refractivity contribution is -0.136. The number of aromatic hydroxyl groups is 1. The summed E-state index contributed by atoms with van der Waals surface area (Å²) in [5, 5.41) is 9.57. The standard InChI is InChI=1S/C15H22N2O3.ClH/c1-17(14(19)15(16)7-3-4-8-15)10-11-5-6-12(18)13(9-11)20-2;/h5-6,9,18H,3-4,7-8,10,16H2,1-2H3;1H. The van der Waals surface area contributed by atoms with Gasteiger partial charge >= 0.3 is 0 Å². The number of phenolic OH excluding ortho intramolecular Hbond substituents is 1. The van der Waals surface area contributed by atoms with E-state index in [1.807, 2.05) is 0 Å². The Kier molecular flexibility index (Phi) is 5.87. The molecule has 1 fully saturated rings. The number of benzene rings is 1. The molecule has 0 bridgehead atoms. The Labute approximate surface area is 131 Å². The van der Waals surface area contributed by atoms with Crippen molar-refractivity contribution in [3.63, 3.8) is 0 Å². The van der Waals surface area contributed by atoms with E-state index in [2.05, 4.69) is 0 Å². The van der Waals surface area contributed by atoms with E-state index in [4.69, 9.17) is 10.5 Å². The van der Waals surface area contributed by atoms with Crippen molar-refractivity contribution in [2.24, 2.45) is 5.73 Å². The van der Waals surface area contributed by atoms with Crippen LogP contribution in [0.1, 0.15) is 31.2 Å². The maximum absolute atomic E-state index is 12.4. The van der Waals surface area contributed by atoms with Crippen molar-refractivity contribution in [2.45, 2.75) is 37.8 Å². The molecule has 1 aliphatic carbocycles. The summed E-state index contributed by atoms with van der Waals surface area (Å²) < 4.78 is 5.07. The van der Waals surface area contributed by atoms with Gasteiger partial charge in [0, 0.05) is 13.6 Å². The smallest absolute Gasteiger partial charge is 0.242 e. The molecule has 0 aromatic heterocycles. The maximum Gasteiger partial charge on any atom is 0.242 e. The Bertz CT molecular complexity index is 502. The molecule has 118 valence electrons. The van der Waals surface area contributed by atoms with Gasteiger partial charge in [-0.2, -0.15) is 0 Å². The van der Waals surface area contributed by atoms with Crippen LogP contribution in [-0.4, -0.2) is 35.6 Å². The number of hydrogen-bond acceptors (Lipinski definition) is 4. The summed E-state index contributed by atoms with van der Waals surface area (Å²) in [6.45, 7) is 0.453. The SMILES string of the molecule is COc1cc(CN(C)C(=O)C2(N)CCCC2)ccc1O.Cl. The normalized spacial score (nSPS) is 16.1. The van der Waals surface area contributed by atoms with Gasteiger partial charge in [0.1, 0.15) is 0 Å². The van der Waals surface area contributed by atoms with Gasteiger partial charge in [-0.25, -0.2) is 0 Å². The monoisotopic (exact) mass is 314 g/mol. The van der Waals surface area contributed by atoms with Crippen molar-refractivity contribution in [3.05, 3.63) is 23.8 Å². The fourth-order valence-electron chi connectivity index (χ4n) is 2.77. The Hall–Kier alpha value is -1.46. The minimum Gasteiger partial charge on any atom is -0.504 e. The Morgan fingerprint density at radius 1 is 1.43 bits per heavy atom. The molecule has 0 spiro atoms. The van der Waals surface area contributed by atoms with Crippen molar-refractivity contribution in [2.75, 3.05) is 14.2 Å². The van der Waals surface area contributed by atoms with Gasteiger partial charge in [-0.1, -0.05) is 18.9 Å². The number of methoxy groups -OCH3 is 1. The van der Waals surface area contributed by atoms with Crippen molar-refractivity contribution in [3.8, 4) is 11.5 Å². The highest BCUT2D eigenvalue weighted by molar-refractivity contribution is 5.86. The first-order chi connectivity index (χ1) is 9.46. The molecule has 2 rings (SSSR count). The second-order valence-corrected chi connectivity index (χ2v) is 5.53. The number of halogens is 1. The molecule has 0 radical (unpaired) electrons. The van der Waals surface area contributed by atoms with Crippen molar-refractivity contribution < 1.29 is 14.6 Å². The van der Waals surface area contributed by atoms with Gasteiger partial charge in [0.15, 0.2) is 11.5 Å². The third-order valence-electron chi connectivity index (χ3n) is 3.93. The number of amides is 1. The van der Waals surface area contributed by atoms with Crippen LogP contribution in [-0.2, 0) is 11.3 Å². The molecular formula is C15H23ClN2O3. The van der Waals surface area contributed by atoms with Gasteiger partial charge in [0.25, 0.3) is 0 Å². The summed E-state index contributed by atoms with van der Waals surface area (Å²) in [6, 6.07) is 5.08. The van der Waals surface area contributed by atoms with Crippen LogP contribution in [0.2, 0.25) is 0 Å². The zero-order chi connectivity index (χ0) is 14.8. The molecule has 0 saturated heterocycles. The number of ether oxygens (including phenoxy) is 1. The molecule has 1 amide bonds.